The summed E-state index contributed by atoms with van der Waals surface area (Å²) in [5, 5.41) is 11.0. The summed E-state index contributed by atoms with van der Waals surface area (Å²) in [4.78, 5) is 25.2. The van der Waals surface area contributed by atoms with Crippen LogP contribution < -0.4 is 0 Å². The number of esters is 1. The van der Waals surface area contributed by atoms with Crippen molar-refractivity contribution in [2.24, 2.45) is 0 Å². The molecule has 0 bridgehead atoms. The molecule has 1 N–H and O–H groups in total. The molecule has 1 aromatic heterocycles. The van der Waals surface area contributed by atoms with Crippen molar-refractivity contribution in [1.82, 2.24) is 4.57 Å². The van der Waals surface area contributed by atoms with E-state index in [2.05, 4.69) is 0 Å². The van der Waals surface area contributed by atoms with E-state index in [1.165, 1.54) is 7.11 Å². The Bertz CT molecular complexity index is 901. The molecule has 1 aliphatic heterocycles. The average Bonchev–Trinajstić information content (AvgIpc) is 3.14. The van der Waals surface area contributed by atoms with Crippen LogP contribution in [0.25, 0.3) is 11.1 Å². The van der Waals surface area contributed by atoms with Crippen LogP contribution in [0, 0.1) is 0 Å². The van der Waals surface area contributed by atoms with E-state index < -0.39 is 17.3 Å². The topological polar surface area (TPSA) is 68.5 Å². The number of methoxy groups -OCH3 is 1. The Morgan fingerprint density at radius 2 is 1.81 bits per heavy atom. The van der Waals surface area contributed by atoms with Gasteiger partial charge in [-0.25, -0.2) is 4.79 Å². The molecule has 26 heavy (non-hydrogen) atoms. The van der Waals surface area contributed by atoms with Crippen LogP contribution in [0.2, 0.25) is 0 Å². The van der Waals surface area contributed by atoms with Crippen LogP contribution in [-0.2, 0) is 15.1 Å². The van der Waals surface area contributed by atoms with E-state index in [0.29, 0.717) is 18.5 Å². The van der Waals surface area contributed by atoms with Crippen LogP contribution in [0.4, 0.5) is 0 Å². The second kappa shape index (κ2) is 6.16. The van der Waals surface area contributed by atoms with Gasteiger partial charge in [0.2, 0.25) is 5.78 Å². The highest BCUT2D eigenvalue weighted by atomic mass is 16.5. The lowest BCUT2D eigenvalue weighted by Crippen LogP contribution is -2.45. The zero-order valence-electron chi connectivity index (χ0n) is 14.7. The molecule has 1 aromatic carbocycles. The Balaban J connectivity index is 1.93. The number of aliphatic hydroxyl groups is 1. The number of Topliss-reactive ketones (excluding diaryl/α,β-unsaturated/α-hetero) is 1. The van der Waals surface area contributed by atoms with Crippen molar-refractivity contribution in [1.29, 1.82) is 0 Å². The fraction of sp³-hybridized carbons (Fsp3) is 0.333. The van der Waals surface area contributed by atoms with E-state index in [1.807, 2.05) is 47.2 Å². The quantitative estimate of drug-likeness (QED) is 0.656. The number of rotatable bonds is 2. The third kappa shape index (κ3) is 2.30. The van der Waals surface area contributed by atoms with Gasteiger partial charge < -0.3 is 14.4 Å². The summed E-state index contributed by atoms with van der Waals surface area (Å²) >= 11 is 0. The first-order valence-corrected chi connectivity index (χ1v) is 8.93. The number of benzene rings is 1. The molecule has 4 rings (SSSR count). The highest BCUT2D eigenvalue weighted by Crippen LogP contribution is 2.46. The smallest absolute Gasteiger partial charge is 0.345 e. The Kier molecular flexibility index (Phi) is 3.94. The maximum atomic E-state index is 13.0. The molecule has 2 aliphatic rings. The molecule has 5 nitrogen and oxygen atoms in total. The Morgan fingerprint density at radius 1 is 1.12 bits per heavy atom. The fourth-order valence-corrected chi connectivity index (χ4v) is 4.27. The number of carbonyl (C=O) groups is 2. The number of hydrogen-bond acceptors (Lipinski definition) is 4. The highest BCUT2D eigenvalue weighted by Gasteiger charge is 2.48. The minimum Gasteiger partial charge on any atom is -0.509 e. The fourth-order valence-electron chi connectivity index (χ4n) is 4.27. The number of carbonyl (C=O) groups excluding carboxylic acids is 2. The summed E-state index contributed by atoms with van der Waals surface area (Å²) in [5.74, 6) is -1.39. The van der Waals surface area contributed by atoms with Gasteiger partial charge in [0.1, 0.15) is 16.9 Å². The number of hydrogen-bond donors (Lipinski definition) is 1. The molecule has 1 fully saturated rings. The van der Waals surface area contributed by atoms with Gasteiger partial charge in [0, 0.05) is 11.8 Å². The molecule has 0 amide bonds. The van der Waals surface area contributed by atoms with Gasteiger partial charge in [-0.05, 0) is 24.5 Å². The summed E-state index contributed by atoms with van der Waals surface area (Å²) in [6.45, 7) is 0. The molecule has 1 saturated carbocycles. The van der Waals surface area contributed by atoms with Gasteiger partial charge in [0.15, 0.2) is 0 Å². The summed E-state index contributed by atoms with van der Waals surface area (Å²) in [6.07, 6.45) is 6.28. The molecule has 0 radical (unpaired) electrons. The third-order valence-corrected chi connectivity index (χ3v) is 5.60. The van der Waals surface area contributed by atoms with E-state index in [-0.39, 0.29) is 11.3 Å². The molecule has 134 valence electrons. The zero-order chi connectivity index (χ0) is 18.3. The van der Waals surface area contributed by atoms with Crippen LogP contribution in [0.3, 0.4) is 0 Å². The van der Waals surface area contributed by atoms with E-state index >= 15 is 0 Å². The number of allylic oxidation sites excluding steroid dienone is 1. The van der Waals surface area contributed by atoms with Crippen molar-refractivity contribution < 1.29 is 19.4 Å². The van der Waals surface area contributed by atoms with E-state index in [4.69, 9.17) is 4.74 Å². The third-order valence-electron chi connectivity index (χ3n) is 5.60. The lowest BCUT2D eigenvalue weighted by Gasteiger charge is -2.42. The molecule has 0 unspecified atom stereocenters. The number of aliphatic hydroxyl groups excluding tert-OH is 1. The molecule has 1 spiro atoms. The monoisotopic (exact) mass is 351 g/mol. The predicted molar refractivity (Wildman–Crippen MR) is 96.9 cm³/mol. The summed E-state index contributed by atoms with van der Waals surface area (Å²) in [5.41, 5.74) is 1.37. The molecule has 5 heteroatoms. The first kappa shape index (κ1) is 16.6. The number of ketones is 1. The normalized spacial score (nSPS) is 18.7. The average molecular weight is 351 g/mol. The van der Waals surface area contributed by atoms with E-state index in [0.717, 1.165) is 30.4 Å². The molecule has 2 heterocycles. The van der Waals surface area contributed by atoms with Gasteiger partial charge in [0.25, 0.3) is 0 Å². The summed E-state index contributed by atoms with van der Waals surface area (Å²) in [6, 6.07) is 11.6. The van der Waals surface area contributed by atoms with E-state index in [9.17, 15) is 14.7 Å². The maximum Gasteiger partial charge on any atom is 0.345 e. The van der Waals surface area contributed by atoms with Crippen LogP contribution in [0.15, 0.2) is 53.9 Å². The Hall–Kier alpha value is -2.82. The molecular formula is C21H21NO4. The van der Waals surface area contributed by atoms with E-state index in [1.54, 1.807) is 0 Å². The largest absolute Gasteiger partial charge is 0.509 e. The van der Waals surface area contributed by atoms with Gasteiger partial charge in [-0.1, -0.05) is 49.6 Å². The first-order chi connectivity index (χ1) is 12.6. The predicted octanol–water partition coefficient (Wildman–Crippen LogP) is 4.00. The zero-order valence-corrected chi connectivity index (χ0v) is 14.7. The van der Waals surface area contributed by atoms with Gasteiger partial charge in [-0.2, -0.15) is 0 Å². The summed E-state index contributed by atoms with van der Waals surface area (Å²) < 4.78 is 6.67. The molecule has 2 aromatic rings. The lowest BCUT2D eigenvalue weighted by molar-refractivity contribution is -0.136. The van der Waals surface area contributed by atoms with Crippen molar-refractivity contribution in [3.8, 4) is 11.1 Å². The van der Waals surface area contributed by atoms with Crippen LogP contribution >= 0.6 is 0 Å². The highest BCUT2D eigenvalue weighted by molar-refractivity contribution is 6.25. The second-order valence-corrected chi connectivity index (χ2v) is 6.99. The maximum absolute atomic E-state index is 13.0. The van der Waals surface area contributed by atoms with Crippen molar-refractivity contribution in [3.63, 3.8) is 0 Å². The van der Waals surface area contributed by atoms with Crippen LogP contribution in [0.1, 0.15) is 42.6 Å². The standard InChI is InChI=1S/C21H21NO4/c1-26-20(25)17-18(23)16-12-15(14-8-4-2-5-9-14)13-22(16)21(19(17)24)10-6-3-7-11-21/h2,4-5,8-9,12-13,24H,3,6-7,10-11H2,1H3. The number of nitrogens with zero attached hydrogens (tertiary/aromatic N) is 1. The minimum atomic E-state index is -0.772. The van der Waals surface area contributed by atoms with Crippen molar-refractivity contribution in [2.75, 3.05) is 7.11 Å². The van der Waals surface area contributed by atoms with Gasteiger partial charge >= 0.3 is 5.97 Å². The minimum absolute atomic E-state index is 0.142. The van der Waals surface area contributed by atoms with Crippen molar-refractivity contribution in [2.45, 2.75) is 37.6 Å². The lowest BCUT2D eigenvalue weighted by atomic mass is 9.76. The van der Waals surface area contributed by atoms with Gasteiger partial charge in [-0.15, -0.1) is 0 Å². The van der Waals surface area contributed by atoms with Crippen molar-refractivity contribution >= 4 is 11.8 Å². The SMILES string of the molecule is COC(=O)C1=C(O)C2(CCCCC2)n2cc(-c3ccccc3)cc2C1=O. The van der Waals surface area contributed by atoms with Crippen LogP contribution in [0.5, 0.6) is 0 Å². The molecule has 0 atom stereocenters. The van der Waals surface area contributed by atoms with Crippen molar-refractivity contribution in [3.05, 3.63) is 59.6 Å². The first-order valence-electron chi connectivity index (χ1n) is 8.93. The number of ether oxygens (including phenoxy) is 1. The van der Waals surface area contributed by atoms with Gasteiger partial charge in [0.05, 0.1) is 12.8 Å². The molecular weight excluding hydrogens is 330 g/mol. The second-order valence-electron chi connectivity index (χ2n) is 6.99. The van der Waals surface area contributed by atoms with Gasteiger partial charge in [-0.3, -0.25) is 4.79 Å². The summed E-state index contributed by atoms with van der Waals surface area (Å²) in [7, 11) is 1.23. The number of aromatic nitrogens is 1. The molecule has 0 saturated heterocycles. The Labute approximate surface area is 151 Å². The Morgan fingerprint density at radius 3 is 2.46 bits per heavy atom. The molecule has 1 aliphatic carbocycles. The van der Waals surface area contributed by atoms with Crippen LogP contribution in [-0.4, -0.2) is 28.5 Å². The number of fused-ring (bicyclic) bond motifs is 2.